The lowest BCUT2D eigenvalue weighted by molar-refractivity contribution is 0.407. The van der Waals surface area contributed by atoms with E-state index in [2.05, 4.69) is 20.0 Å². The normalized spacial score (nSPS) is 23.8. The average molecular weight is 313 g/mol. The van der Waals surface area contributed by atoms with Crippen LogP contribution in [0, 0.1) is 0 Å². The van der Waals surface area contributed by atoms with Crippen LogP contribution in [0.25, 0.3) is 0 Å². The van der Waals surface area contributed by atoms with Gasteiger partial charge in [-0.3, -0.25) is 4.68 Å². The van der Waals surface area contributed by atoms with Crippen LogP contribution in [0.15, 0.2) is 17.3 Å². The van der Waals surface area contributed by atoms with E-state index >= 15 is 0 Å². The third-order valence-corrected chi connectivity index (χ3v) is 5.46. The molecule has 1 unspecified atom stereocenters. The molecule has 21 heavy (non-hydrogen) atoms. The first-order valence-electron chi connectivity index (χ1n) is 7.50. The molecule has 0 spiro atoms. The number of hydrogen-bond donors (Lipinski definition) is 2. The first kappa shape index (κ1) is 15.0. The summed E-state index contributed by atoms with van der Waals surface area (Å²) in [6.45, 7) is 3.21. The minimum Gasteiger partial charge on any atom is -0.312 e. The summed E-state index contributed by atoms with van der Waals surface area (Å²) >= 11 is 0. The van der Waals surface area contributed by atoms with E-state index in [4.69, 9.17) is 0 Å². The molecule has 1 saturated carbocycles. The Labute approximate surface area is 125 Å². The third-order valence-electron chi connectivity index (χ3n) is 3.98. The van der Waals surface area contributed by atoms with E-state index in [9.17, 15) is 8.42 Å². The van der Waals surface area contributed by atoms with Gasteiger partial charge in [0, 0.05) is 31.4 Å². The highest BCUT2D eigenvalue weighted by molar-refractivity contribution is 7.89. The van der Waals surface area contributed by atoms with Crippen LogP contribution in [-0.4, -0.2) is 61.9 Å². The number of hydrogen-bond acceptors (Lipinski definition) is 5. The molecular formula is C13H23N5O2S. The maximum atomic E-state index is 12.3. The van der Waals surface area contributed by atoms with Gasteiger partial charge in [0.1, 0.15) is 4.90 Å². The average Bonchev–Trinajstić information content (AvgIpc) is 2.94. The van der Waals surface area contributed by atoms with Crippen molar-refractivity contribution in [2.75, 3.05) is 26.7 Å². The predicted molar refractivity (Wildman–Crippen MR) is 79.5 cm³/mol. The van der Waals surface area contributed by atoms with Gasteiger partial charge in [-0.25, -0.2) is 13.1 Å². The second kappa shape index (κ2) is 6.04. The van der Waals surface area contributed by atoms with Crippen LogP contribution in [0.4, 0.5) is 0 Å². The maximum absolute atomic E-state index is 12.3. The molecule has 1 aromatic rings. The molecule has 2 heterocycles. The zero-order valence-corrected chi connectivity index (χ0v) is 13.1. The van der Waals surface area contributed by atoms with E-state index in [0.717, 1.165) is 26.1 Å². The Bertz CT molecular complexity index is 581. The summed E-state index contributed by atoms with van der Waals surface area (Å²) in [6.07, 6.45) is 6.39. The fraction of sp³-hybridized carbons (Fsp3) is 0.769. The highest BCUT2D eigenvalue weighted by Gasteiger charge is 2.26. The quantitative estimate of drug-likeness (QED) is 0.717. The minimum absolute atomic E-state index is 0.000108. The molecular weight excluding hydrogens is 290 g/mol. The molecule has 3 rings (SSSR count). The first-order valence-corrected chi connectivity index (χ1v) is 8.98. The Morgan fingerprint density at radius 3 is 2.81 bits per heavy atom. The summed E-state index contributed by atoms with van der Waals surface area (Å²) in [4.78, 5) is 2.38. The van der Waals surface area contributed by atoms with Gasteiger partial charge >= 0.3 is 0 Å². The van der Waals surface area contributed by atoms with Crippen LogP contribution in [0.3, 0.4) is 0 Å². The van der Waals surface area contributed by atoms with Gasteiger partial charge in [-0.05, 0) is 32.9 Å². The highest BCUT2D eigenvalue weighted by atomic mass is 32.2. The van der Waals surface area contributed by atoms with Gasteiger partial charge in [0.25, 0.3) is 0 Å². The Morgan fingerprint density at radius 2 is 2.14 bits per heavy atom. The molecule has 1 atom stereocenters. The number of likely N-dealkylation sites (N-methyl/N-ethyl adjacent to an activating group) is 1. The van der Waals surface area contributed by atoms with Crippen molar-refractivity contribution in [2.24, 2.45) is 0 Å². The molecule has 0 radical (unpaired) electrons. The zero-order valence-electron chi connectivity index (χ0n) is 12.3. The van der Waals surface area contributed by atoms with E-state index in [1.807, 2.05) is 7.05 Å². The molecule has 1 aromatic heterocycles. The van der Waals surface area contributed by atoms with Crippen molar-refractivity contribution >= 4 is 10.0 Å². The largest absolute Gasteiger partial charge is 0.312 e. The molecule has 0 amide bonds. The lowest BCUT2D eigenvalue weighted by Gasteiger charge is -2.12. The second-order valence-corrected chi connectivity index (χ2v) is 7.75. The van der Waals surface area contributed by atoms with Crippen LogP contribution in [0.2, 0.25) is 0 Å². The first-order chi connectivity index (χ1) is 10.0. The van der Waals surface area contributed by atoms with Crippen molar-refractivity contribution in [1.29, 1.82) is 0 Å². The Hall–Kier alpha value is -0.960. The van der Waals surface area contributed by atoms with Crippen LogP contribution >= 0.6 is 0 Å². The number of aromatic nitrogens is 2. The molecule has 1 saturated heterocycles. The van der Waals surface area contributed by atoms with Gasteiger partial charge in [-0.1, -0.05) is 0 Å². The van der Waals surface area contributed by atoms with E-state index in [1.165, 1.54) is 19.0 Å². The van der Waals surface area contributed by atoms with Gasteiger partial charge in [0.05, 0.1) is 12.7 Å². The third kappa shape index (κ3) is 4.03. The molecule has 1 aliphatic carbocycles. The number of sulfonamides is 1. The summed E-state index contributed by atoms with van der Waals surface area (Å²) in [5.41, 5.74) is 0. The lowest BCUT2D eigenvalue weighted by Crippen LogP contribution is -2.36. The van der Waals surface area contributed by atoms with Crippen molar-refractivity contribution in [3.8, 4) is 0 Å². The SMILES string of the molecule is CN1CCC(NS(=O)(=O)c2cnn(CCNC3CC3)c2)C1. The molecule has 118 valence electrons. The summed E-state index contributed by atoms with van der Waals surface area (Å²) in [6, 6.07) is 0.657. The highest BCUT2D eigenvalue weighted by Crippen LogP contribution is 2.18. The van der Waals surface area contributed by atoms with E-state index in [0.29, 0.717) is 12.6 Å². The monoisotopic (exact) mass is 313 g/mol. The van der Waals surface area contributed by atoms with Gasteiger partial charge in [-0.15, -0.1) is 0 Å². The lowest BCUT2D eigenvalue weighted by atomic mass is 10.3. The fourth-order valence-electron chi connectivity index (χ4n) is 2.60. The number of nitrogens with one attached hydrogen (secondary N) is 2. The van der Waals surface area contributed by atoms with E-state index in [-0.39, 0.29) is 10.9 Å². The Morgan fingerprint density at radius 1 is 1.33 bits per heavy atom. The van der Waals surface area contributed by atoms with E-state index in [1.54, 1.807) is 10.9 Å². The van der Waals surface area contributed by atoms with Gasteiger partial charge in [-0.2, -0.15) is 5.10 Å². The molecule has 0 bridgehead atoms. The molecule has 2 N–H and O–H groups in total. The van der Waals surface area contributed by atoms with Crippen molar-refractivity contribution in [1.82, 2.24) is 24.7 Å². The smallest absolute Gasteiger partial charge is 0.243 e. The standard InChI is InChI=1S/C13H23N5O2S/c1-17-6-4-12(9-17)16-21(19,20)13-8-15-18(10-13)7-5-14-11-2-3-11/h8,10-12,14,16H,2-7,9H2,1H3. The number of rotatable bonds is 7. The van der Waals surface area contributed by atoms with Crippen LogP contribution in [0.1, 0.15) is 19.3 Å². The van der Waals surface area contributed by atoms with Crippen LogP contribution < -0.4 is 10.0 Å². The number of likely N-dealkylation sites (tertiary alicyclic amines) is 1. The molecule has 8 heteroatoms. The summed E-state index contributed by atoms with van der Waals surface area (Å²) in [5.74, 6) is 0. The van der Waals surface area contributed by atoms with Crippen molar-refractivity contribution in [3.63, 3.8) is 0 Å². The van der Waals surface area contributed by atoms with Gasteiger partial charge in [0.2, 0.25) is 10.0 Å². The maximum Gasteiger partial charge on any atom is 0.243 e. The van der Waals surface area contributed by atoms with E-state index < -0.39 is 10.0 Å². The summed E-state index contributed by atoms with van der Waals surface area (Å²) < 4.78 is 29.0. The zero-order chi connectivity index (χ0) is 14.9. The minimum atomic E-state index is -3.46. The molecule has 2 aliphatic rings. The second-order valence-electron chi connectivity index (χ2n) is 6.04. The predicted octanol–water partition coefficient (Wildman–Crippen LogP) is -0.382. The number of nitrogens with zero attached hydrogens (tertiary/aromatic N) is 3. The molecule has 1 aliphatic heterocycles. The molecule has 7 nitrogen and oxygen atoms in total. The van der Waals surface area contributed by atoms with Gasteiger partial charge < -0.3 is 10.2 Å². The van der Waals surface area contributed by atoms with Crippen molar-refractivity contribution < 1.29 is 8.42 Å². The van der Waals surface area contributed by atoms with Crippen LogP contribution in [-0.2, 0) is 16.6 Å². The van der Waals surface area contributed by atoms with Gasteiger partial charge in [0.15, 0.2) is 0 Å². The molecule has 0 aromatic carbocycles. The summed E-state index contributed by atoms with van der Waals surface area (Å²) in [7, 11) is -1.46. The molecule has 2 fully saturated rings. The fourth-order valence-corrected chi connectivity index (χ4v) is 3.81. The topological polar surface area (TPSA) is 79.3 Å². The Balaban J connectivity index is 1.55. The Kier molecular flexibility index (Phi) is 4.30. The summed E-state index contributed by atoms with van der Waals surface area (Å²) in [5, 5.41) is 7.52. The van der Waals surface area contributed by atoms with Crippen molar-refractivity contribution in [3.05, 3.63) is 12.4 Å². The van der Waals surface area contributed by atoms with Crippen LogP contribution in [0.5, 0.6) is 0 Å². The van der Waals surface area contributed by atoms with Crippen molar-refractivity contribution in [2.45, 2.75) is 42.8 Å².